The lowest BCUT2D eigenvalue weighted by Crippen LogP contribution is -2.09. The molecule has 0 bridgehead atoms. The van der Waals surface area contributed by atoms with Crippen LogP contribution in [0.15, 0.2) is 91.0 Å². The molecule has 0 amide bonds. The predicted octanol–water partition coefficient (Wildman–Crippen LogP) is 7.83. The van der Waals surface area contributed by atoms with Gasteiger partial charge in [0.2, 0.25) is 0 Å². The number of benzene rings is 5. The van der Waals surface area contributed by atoms with Gasteiger partial charge >= 0.3 is 0 Å². The molecule has 0 unspecified atom stereocenters. The Morgan fingerprint density at radius 1 is 0.500 bits per heavy atom. The van der Waals surface area contributed by atoms with Gasteiger partial charge in [0.25, 0.3) is 0 Å². The average molecular weight is 432 g/mol. The summed E-state index contributed by atoms with van der Waals surface area (Å²) in [6.45, 7) is 0. The first-order chi connectivity index (χ1) is 16.9. The summed E-state index contributed by atoms with van der Waals surface area (Å²) in [6.07, 6.45) is 3.10. The minimum Gasteiger partial charge on any atom is -0.309 e. The van der Waals surface area contributed by atoms with Gasteiger partial charge in [-0.1, -0.05) is 72.8 Å². The summed E-state index contributed by atoms with van der Waals surface area (Å²) in [5.41, 5.74) is 18.9. The van der Waals surface area contributed by atoms with Crippen LogP contribution in [0.3, 0.4) is 0 Å². The molecule has 0 radical (unpaired) electrons. The van der Waals surface area contributed by atoms with E-state index in [9.17, 15) is 0 Å². The van der Waals surface area contributed by atoms with Crippen molar-refractivity contribution in [2.45, 2.75) is 19.3 Å². The van der Waals surface area contributed by atoms with E-state index in [4.69, 9.17) is 0 Å². The molecule has 1 aliphatic heterocycles. The number of para-hydroxylation sites is 2. The van der Waals surface area contributed by atoms with E-state index in [1.807, 2.05) is 0 Å². The van der Waals surface area contributed by atoms with Crippen molar-refractivity contribution in [1.29, 1.82) is 0 Å². The molecule has 1 aromatic heterocycles. The van der Waals surface area contributed by atoms with Crippen LogP contribution in [0.1, 0.15) is 33.4 Å². The average Bonchev–Trinajstić information content (AvgIpc) is 3.54. The van der Waals surface area contributed by atoms with E-state index < -0.39 is 0 Å². The third-order valence-corrected chi connectivity index (χ3v) is 8.44. The molecule has 2 heterocycles. The molecule has 158 valence electrons. The van der Waals surface area contributed by atoms with Crippen molar-refractivity contribution in [3.8, 4) is 27.9 Å². The Morgan fingerprint density at radius 3 is 2.24 bits per heavy atom. The molecule has 9 rings (SSSR count). The molecule has 0 spiro atoms. The zero-order valence-electron chi connectivity index (χ0n) is 18.7. The Balaban J connectivity index is 1.42. The number of hydrogen-bond donors (Lipinski definition) is 0. The van der Waals surface area contributed by atoms with Crippen LogP contribution in [0, 0.1) is 0 Å². The summed E-state index contributed by atoms with van der Waals surface area (Å²) in [6, 6.07) is 34.2. The van der Waals surface area contributed by atoms with Gasteiger partial charge in [-0.3, -0.25) is 0 Å². The van der Waals surface area contributed by atoms with Crippen molar-refractivity contribution in [1.82, 2.24) is 4.57 Å². The fourth-order valence-electron chi connectivity index (χ4n) is 7.14. The Labute approximate surface area is 197 Å². The molecule has 0 saturated heterocycles. The Bertz CT molecular complexity index is 1880. The van der Waals surface area contributed by atoms with Gasteiger partial charge < -0.3 is 4.57 Å². The van der Waals surface area contributed by atoms with Gasteiger partial charge in [0.15, 0.2) is 0 Å². The van der Waals surface area contributed by atoms with E-state index in [1.54, 1.807) is 0 Å². The van der Waals surface area contributed by atoms with E-state index in [2.05, 4.69) is 95.6 Å². The maximum atomic E-state index is 2.53. The van der Waals surface area contributed by atoms with Gasteiger partial charge in [0.1, 0.15) is 0 Å². The molecule has 0 saturated carbocycles. The fourth-order valence-corrected chi connectivity index (χ4v) is 7.14. The third-order valence-electron chi connectivity index (χ3n) is 8.44. The molecule has 1 heteroatoms. The van der Waals surface area contributed by atoms with Crippen molar-refractivity contribution >= 4 is 21.8 Å². The maximum Gasteiger partial charge on any atom is 0.0582 e. The van der Waals surface area contributed by atoms with Crippen LogP contribution >= 0.6 is 0 Å². The SMILES string of the molecule is c1ccc2c(c1)Cc1ccc3c(c1-2)Cc1cc2c4ccccc4n4c2c(c1-3)Cc1ccccc1-4. The molecular weight excluding hydrogens is 410 g/mol. The van der Waals surface area contributed by atoms with E-state index in [1.165, 1.54) is 83.1 Å². The second kappa shape index (κ2) is 5.87. The Hall–Kier alpha value is -4.10. The molecule has 2 aliphatic carbocycles. The van der Waals surface area contributed by atoms with Crippen molar-refractivity contribution in [3.63, 3.8) is 0 Å². The smallest absolute Gasteiger partial charge is 0.0582 e. The van der Waals surface area contributed by atoms with E-state index in [0.29, 0.717) is 0 Å². The molecule has 5 aromatic carbocycles. The second-order valence-corrected chi connectivity index (χ2v) is 10.1. The highest BCUT2D eigenvalue weighted by Crippen LogP contribution is 2.52. The largest absolute Gasteiger partial charge is 0.309 e. The van der Waals surface area contributed by atoms with Gasteiger partial charge in [-0.15, -0.1) is 0 Å². The quantitative estimate of drug-likeness (QED) is 0.231. The summed E-state index contributed by atoms with van der Waals surface area (Å²) in [4.78, 5) is 0. The molecular formula is C33H21N. The summed E-state index contributed by atoms with van der Waals surface area (Å²) >= 11 is 0. The van der Waals surface area contributed by atoms with Crippen molar-refractivity contribution in [2.24, 2.45) is 0 Å². The minimum absolute atomic E-state index is 0.999. The van der Waals surface area contributed by atoms with Crippen LogP contribution in [-0.4, -0.2) is 4.57 Å². The lowest BCUT2D eigenvalue weighted by atomic mass is 9.89. The van der Waals surface area contributed by atoms with E-state index in [0.717, 1.165) is 19.3 Å². The Morgan fingerprint density at radius 2 is 1.26 bits per heavy atom. The molecule has 1 nitrogen and oxygen atoms in total. The summed E-state index contributed by atoms with van der Waals surface area (Å²) in [7, 11) is 0. The lowest BCUT2D eigenvalue weighted by Gasteiger charge is -2.23. The van der Waals surface area contributed by atoms with Crippen molar-refractivity contribution in [2.75, 3.05) is 0 Å². The van der Waals surface area contributed by atoms with Gasteiger partial charge in [-0.2, -0.15) is 0 Å². The van der Waals surface area contributed by atoms with Crippen LogP contribution in [0.25, 0.3) is 49.7 Å². The zero-order valence-corrected chi connectivity index (χ0v) is 18.7. The van der Waals surface area contributed by atoms with Crippen LogP contribution in [0.4, 0.5) is 0 Å². The number of nitrogens with zero attached hydrogens (tertiary/aromatic N) is 1. The van der Waals surface area contributed by atoms with Crippen molar-refractivity contribution in [3.05, 3.63) is 124 Å². The van der Waals surface area contributed by atoms with Gasteiger partial charge in [0, 0.05) is 22.9 Å². The van der Waals surface area contributed by atoms with E-state index >= 15 is 0 Å². The molecule has 34 heavy (non-hydrogen) atoms. The zero-order chi connectivity index (χ0) is 22.0. The molecule has 0 atom stereocenters. The fraction of sp³-hybridized carbons (Fsp3) is 0.0909. The van der Waals surface area contributed by atoms with E-state index in [-0.39, 0.29) is 0 Å². The van der Waals surface area contributed by atoms with Gasteiger partial charge in [-0.25, -0.2) is 0 Å². The van der Waals surface area contributed by atoms with Crippen LogP contribution in [-0.2, 0) is 19.3 Å². The first-order valence-corrected chi connectivity index (χ1v) is 12.3. The standard InChI is InChI=1S/C33H21N/c1-3-9-23-19(7-1)15-21-13-14-25-26(31(21)23)17-22-18-27-24-10-4-6-12-30(24)34-29-11-5-2-8-20(29)16-28(32(22)25)33(27)34/h1-14,18H,15-17H2. The number of fused-ring (bicyclic) bond motifs is 13. The van der Waals surface area contributed by atoms with Crippen LogP contribution in [0.5, 0.6) is 0 Å². The van der Waals surface area contributed by atoms with Crippen LogP contribution < -0.4 is 0 Å². The van der Waals surface area contributed by atoms with Crippen LogP contribution in [0.2, 0.25) is 0 Å². The Kier molecular flexibility index (Phi) is 3.00. The summed E-state index contributed by atoms with van der Waals surface area (Å²) < 4.78 is 2.53. The highest BCUT2D eigenvalue weighted by Gasteiger charge is 2.33. The minimum atomic E-state index is 0.999. The first kappa shape index (κ1) is 17.4. The second-order valence-electron chi connectivity index (χ2n) is 10.1. The lowest BCUT2D eigenvalue weighted by molar-refractivity contribution is 1.04. The highest BCUT2D eigenvalue weighted by molar-refractivity contribution is 6.14. The number of hydrogen-bond acceptors (Lipinski definition) is 0. The number of aromatic nitrogens is 1. The number of rotatable bonds is 0. The third kappa shape index (κ3) is 1.94. The normalized spacial score (nSPS) is 14.1. The molecule has 0 fully saturated rings. The summed E-state index contributed by atoms with van der Waals surface area (Å²) in [5, 5.41) is 2.77. The summed E-state index contributed by atoms with van der Waals surface area (Å²) in [5.74, 6) is 0. The monoisotopic (exact) mass is 431 g/mol. The molecule has 0 N–H and O–H groups in total. The molecule has 6 aromatic rings. The maximum absolute atomic E-state index is 2.53. The van der Waals surface area contributed by atoms with Crippen molar-refractivity contribution < 1.29 is 0 Å². The highest BCUT2D eigenvalue weighted by atomic mass is 15.0. The molecule has 3 aliphatic rings. The predicted molar refractivity (Wildman–Crippen MR) is 140 cm³/mol. The van der Waals surface area contributed by atoms with Gasteiger partial charge in [-0.05, 0) is 86.7 Å². The topological polar surface area (TPSA) is 4.93 Å². The first-order valence-electron chi connectivity index (χ1n) is 12.3. The van der Waals surface area contributed by atoms with Gasteiger partial charge in [0.05, 0.1) is 11.0 Å².